The first kappa shape index (κ1) is 5.67. The Kier molecular flexibility index (Phi) is 1.56. The molecule has 0 aliphatic heterocycles. The maximum atomic E-state index is 5.27. The summed E-state index contributed by atoms with van der Waals surface area (Å²) < 4.78 is 5.27. The predicted octanol–water partition coefficient (Wildman–Crippen LogP) is 2.09. The van der Waals surface area contributed by atoms with Gasteiger partial charge in [0, 0.05) is 6.42 Å². The predicted molar refractivity (Wildman–Crippen MR) is 33.6 cm³/mol. The fourth-order valence-corrected chi connectivity index (χ4v) is 0.847. The zero-order chi connectivity index (χ0) is 5.98. The molecular weight excluding hydrogens is 100 g/mol. The Hall–Kier alpha value is -0.460. The Labute approximate surface area is 50.3 Å². The van der Waals surface area contributed by atoms with Gasteiger partial charge in [-0.15, -0.1) is 0 Å². The van der Waals surface area contributed by atoms with Crippen LogP contribution in [0.15, 0.2) is 11.3 Å². The quantitative estimate of drug-likeness (QED) is 0.531. The van der Waals surface area contributed by atoms with E-state index in [0.29, 0.717) is 0 Å². The molecule has 1 nitrogen and oxygen atoms in total. The number of ether oxygens (including phenoxy) is 1. The normalized spacial score (nSPS) is 18.2. The van der Waals surface area contributed by atoms with E-state index in [2.05, 4.69) is 6.92 Å². The van der Waals surface area contributed by atoms with E-state index >= 15 is 0 Å². The van der Waals surface area contributed by atoms with E-state index < -0.39 is 0 Å². The topological polar surface area (TPSA) is 9.23 Å². The molecule has 0 aromatic carbocycles. The molecule has 0 fully saturated rings. The molecule has 1 heteroatoms. The average Bonchev–Trinajstić information content (AvgIpc) is 1.79. The van der Waals surface area contributed by atoms with Crippen LogP contribution in [0.25, 0.3) is 0 Å². The van der Waals surface area contributed by atoms with Crippen molar-refractivity contribution in [2.45, 2.75) is 26.7 Å². The third kappa shape index (κ3) is 0.857. The van der Waals surface area contributed by atoms with E-state index in [0.717, 1.165) is 6.61 Å². The van der Waals surface area contributed by atoms with Crippen molar-refractivity contribution in [1.82, 2.24) is 0 Å². The molecule has 0 aromatic rings. The number of rotatable bonds is 2. The van der Waals surface area contributed by atoms with Crippen LogP contribution < -0.4 is 0 Å². The van der Waals surface area contributed by atoms with E-state index in [1.807, 2.05) is 6.92 Å². The third-order valence-electron chi connectivity index (χ3n) is 1.52. The molecule has 0 N–H and O–H groups in total. The van der Waals surface area contributed by atoms with E-state index in [1.54, 1.807) is 0 Å². The van der Waals surface area contributed by atoms with Gasteiger partial charge in [0.15, 0.2) is 0 Å². The molecule has 0 atom stereocenters. The van der Waals surface area contributed by atoms with Crippen molar-refractivity contribution in [3.05, 3.63) is 11.3 Å². The lowest BCUT2D eigenvalue weighted by Gasteiger charge is -2.19. The molecule has 1 aliphatic rings. The Bertz CT molecular complexity index is 114. The lowest BCUT2D eigenvalue weighted by atomic mass is 9.98. The number of allylic oxidation sites excluding steroid dienone is 2. The monoisotopic (exact) mass is 112 g/mol. The molecule has 0 bridgehead atoms. The molecule has 1 aliphatic carbocycles. The Morgan fingerprint density at radius 3 is 2.38 bits per heavy atom. The molecule has 46 valence electrons. The zero-order valence-electron chi connectivity index (χ0n) is 5.53. The summed E-state index contributed by atoms with van der Waals surface area (Å²) in [4.78, 5) is 0. The van der Waals surface area contributed by atoms with Crippen LogP contribution in [-0.2, 0) is 4.74 Å². The zero-order valence-corrected chi connectivity index (χ0v) is 5.53. The molecule has 0 aromatic heterocycles. The van der Waals surface area contributed by atoms with Crippen LogP contribution in [0.3, 0.4) is 0 Å². The van der Waals surface area contributed by atoms with Gasteiger partial charge in [-0.2, -0.15) is 0 Å². The number of hydrogen-bond donors (Lipinski definition) is 0. The maximum Gasteiger partial charge on any atom is 0.0952 e. The van der Waals surface area contributed by atoms with Crippen LogP contribution >= 0.6 is 0 Å². The summed E-state index contributed by atoms with van der Waals surface area (Å²) in [6.07, 6.45) is 2.41. The molecule has 0 spiro atoms. The second kappa shape index (κ2) is 2.21. The lowest BCUT2D eigenvalue weighted by Crippen LogP contribution is -2.04. The maximum absolute atomic E-state index is 5.27. The van der Waals surface area contributed by atoms with Crippen LogP contribution in [0.2, 0.25) is 0 Å². The highest BCUT2D eigenvalue weighted by atomic mass is 16.5. The van der Waals surface area contributed by atoms with Crippen LogP contribution in [0.5, 0.6) is 0 Å². The standard InChI is InChI=1S/C7H12O/c1-3-8-7-5-4-6(7)2/h3-5H2,1-2H3. The van der Waals surface area contributed by atoms with Gasteiger partial charge in [-0.1, -0.05) is 0 Å². The first-order valence-corrected chi connectivity index (χ1v) is 3.16. The SMILES string of the molecule is CCOC1=C(C)CC1. The Balaban J connectivity index is 2.35. The molecule has 1 rings (SSSR count). The summed E-state index contributed by atoms with van der Waals surface area (Å²) in [6.45, 7) is 4.99. The summed E-state index contributed by atoms with van der Waals surface area (Å²) in [5.41, 5.74) is 1.44. The minimum atomic E-state index is 0.826. The lowest BCUT2D eigenvalue weighted by molar-refractivity contribution is 0.199. The van der Waals surface area contributed by atoms with Crippen molar-refractivity contribution in [2.75, 3.05) is 6.61 Å². The van der Waals surface area contributed by atoms with Crippen molar-refractivity contribution in [1.29, 1.82) is 0 Å². The molecular formula is C7H12O. The summed E-state index contributed by atoms with van der Waals surface area (Å²) in [6, 6.07) is 0. The van der Waals surface area contributed by atoms with Gasteiger partial charge in [0.25, 0.3) is 0 Å². The minimum Gasteiger partial charge on any atom is -0.498 e. The summed E-state index contributed by atoms with van der Waals surface area (Å²) in [5, 5.41) is 0. The van der Waals surface area contributed by atoms with Gasteiger partial charge in [0.05, 0.1) is 12.4 Å². The fraction of sp³-hybridized carbons (Fsp3) is 0.714. The number of hydrogen-bond acceptors (Lipinski definition) is 1. The van der Waals surface area contributed by atoms with Gasteiger partial charge >= 0.3 is 0 Å². The molecule has 0 saturated carbocycles. The van der Waals surface area contributed by atoms with Crippen LogP contribution in [0.1, 0.15) is 26.7 Å². The Morgan fingerprint density at radius 2 is 2.25 bits per heavy atom. The van der Waals surface area contributed by atoms with Crippen molar-refractivity contribution in [3.63, 3.8) is 0 Å². The average molecular weight is 112 g/mol. The van der Waals surface area contributed by atoms with Gasteiger partial charge in [0.1, 0.15) is 0 Å². The summed E-state index contributed by atoms with van der Waals surface area (Å²) >= 11 is 0. The summed E-state index contributed by atoms with van der Waals surface area (Å²) in [5.74, 6) is 1.23. The first-order valence-electron chi connectivity index (χ1n) is 3.16. The van der Waals surface area contributed by atoms with E-state index in [1.165, 1.54) is 24.2 Å². The molecule has 0 amide bonds. The Morgan fingerprint density at radius 1 is 1.50 bits per heavy atom. The van der Waals surface area contributed by atoms with Crippen molar-refractivity contribution in [3.8, 4) is 0 Å². The van der Waals surface area contributed by atoms with Crippen molar-refractivity contribution >= 4 is 0 Å². The largest absolute Gasteiger partial charge is 0.498 e. The molecule has 0 radical (unpaired) electrons. The highest BCUT2D eigenvalue weighted by molar-refractivity contribution is 5.16. The molecule has 8 heavy (non-hydrogen) atoms. The summed E-state index contributed by atoms with van der Waals surface area (Å²) in [7, 11) is 0. The van der Waals surface area contributed by atoms with Crippen LogP contribution in [0, 0.1) is 0 Å². The van der Waals surface area contributed by atoms with Crippen molar-refractivity contribution in [2.24, 2.45) is 0 Å². The highest BCUT2D eigenvalue weighted by Crippen LogP contribution is 2.27. The smallest absolute Gasteiger partial charge is 0.0952 e. The second-order valence-corrected chi connectivity index (χ2v) is 2.14. The first-order chi connectivity index (χ1) is 3.84. The van der Waals surface area contributed by atoms with Gasteiger partial charge in [-0.05, 0) is 25.8 Å². The second-order valence-electron chi connectivity index (χ2n) is 2.14. The van der Waals surface area contributed by atoms with Crippen LogP contribution in [-0.4, -0.2) is 6.61 Å². The fourth-order valence-electron chi connectivity index (χ4n) is 0.847. The highest BCUT2D eigenvalue weighted by Gasteiger charge is 2.12. The van der Waals surface area contributed by atoms with Crippen LogP contribution in [0.4, 0.5) is 0 Å². The molecule has 0 unspecified atom stereocenters. The minimum absolute atomic E-state index is 0.826. The van der Waals surface area contributed by atoms with Gasteiger partial charge in [-0.25, -0.2) is 0 Å². The van der Waals surface area contributed by atoms with Gasteiger partial charge in [-0.3, -0.25) is 0 Å². The third-order valence-corrected chi connectivity index (χ3v) is 1.52. The van der Waals surface area contributed by atoms with Gasteiger partial charge in [0.2, 0.25) is 0 Å². The molecule has 0 heterocycles. The van der Waals surface area contributed by atoms with Gasteiger partial charge < -0.3 is 4.74 Å². The molecule has 0 saturated heterocycles. The van der Waals surface area contributed by atoms with Crippen molar-refractivity contribution < 1.29 is 4.74 Å². The van der Waals surface area contributed by atoms with E-state index in [4.69, 9.17) is 4.74 Å². The van der Waals surface area contributed by atoms with E-state index in [-0.39, 0.29) is 0 Å². The van der Waals surface area contributed by atoms with E-state index in [9.17, 15) is 0 Å².